The van der Waals surface area contributed by atoms with Gasteiger partial charge in [0.2, 0.25) is 0 Å². The van der Waals surface area contributed by atoms with Crippen LogP contribution in [-0.2, 0) is 22.6 Å². The zero-order valence-corrected chi connectivity index (χ0v) is 12.1. The molecule has 0 saturated heterocycles. The van der Waals surface area contributed by atoms with Crippen LogP contribution in [0, 0.1) is 0 Å². The third-order valence-corrected chi connectivity index (χ3v) is 4.57. The molecule has 106 valence electrons. The summed E-state index contributed by atoms with van der Waals surface area (Å²) in [5.41, 5.74) is 2.04. The van der Waals surface area contributed by atoms with Gasteiger partial charge in [-0.25, -0.2) is 13.9 Å². The number of aliphatic hydroxyl groups excluding tert-OH is 1. The number of thioether (sulfide) groups is 1. The average molecular weight is 293 g/mol. The third-order valence-electron chi connectivity index (χ3n) is 3.32. The molecule has 5 nitrogen and oxygen atoms in total. The number of hydrogen-bond acceptors (Lipinski definition) is 4. The minimum absolute atomic E-state index is 0.208. The van der Waals surface area contributed by atoms with Gasteiger partial charge in [-0.1, -0.05) is 12.1 Å². The van der Waals surface area contributed by atoms with Crippen LogP contribution >= 0.6 is 11.8 Å². The summed E-state index contributed by atoms with van der Waals surface area (Å²) < 4.78 is 9.10. The SMILES string of the molecule is CCOC(=O)Cn1c2[n+](c3ccccc31)C[C@@H](O)CS2. The van der Waals surface area contributed by atoms with Crippen LogP contribution in [0.15, 0.2) is 29.4 Å². The molecule has 0 aliphatic carbocycles. The van der Waals surface area contributed by atoms with E-state index in [1.165, 1.54) is 0 Å². The molecule has 0 fully saturated rings. The molecular formula is C14H17N2O3S+. The third kappa shape index (κ3) is 2.29. The average Bonchev–Trinajstić information content (AvgIpc) is 2.74. The lowest BCUT2D eigenvalue weighted by atomic mass is 10.3. The summed E-state index contributed by atoms with van der Waals surface area (Å²) in [5, 5.41) is 10.9. The maximum atomic E-state index is 11.8. The minimum atomic E-state index is -0.348. The van der Waals surface area contributed by atoms with Gasteiger partial charge in [0.1, 0.15) is 12.6 Å². The van der Waals surface area contributed by atoms with Crippen LogP contribution in [0.1, 0.15) is 6.92 Å². The van der Waals surface area contributed by atoms with Gasteiger partial charge in [-0.15, -0.1) is 0 Å². The normalized spacial score (nSPS) is 18.0. The van der Waals surface area contributed by atoms with Crippen LogP contribution < -0.4 is 4.57 Å². The summed E-state index contributed by atoms with van der Waals surface area (Å²) in [6.45, 7) is 2.97. The van der Waals surface area contributed by atoms with Crippen molar-refractivity contribution < 1.29 is 19.2 Å². The fraction of sp³-hybridized carbons (Fsp3) is 0.429. The predicted molar refractivity (Wildman–Crippen MR) is 75.5 cm³/mol. The van der Waals surface area contributed by atoms with E-state index in [2.05, 4.69) is 4.57 Å². The van der Waals surface area contributed by atoms with Gasteiger partial charge in [0.15, 0.2) is 17.6 Å². The molecule has 0 radical (unpaired) electrons. The molecule has 1 aliphatic rings. The van der Waals surface area contributed by atoms with Crippen molar-refractivity contribution in [2.24, 2.45) is 0 Å². The Kier molecular flexibility index (Phi) is 3.67. The number of imidazole rings is 1. The van der Waals surface area contributed by atoms with E-state index in [0.29, 0.717) is 18.9 Å². The second-order valence-electron chi connectivity index (χ2n) is 4.74. The number of rotatable bonds is 3. The molecule has 0 bridgehead atoms. The lowest BCUT2D eigenvalue weighted by molar-refractivity contribution is -0.717. The van der Waals surface area contributed by atoms with E-state index < -0.39 is 0 Å². The lowest BCUT2D eigenvalue weighted by Crippen LogP contribution is -2.45. The fourth-order valence-corrected chi connectivity index (χ4v) is 3.62. The first kappa shape index (κ1) is 13.5. The predicted octanol–water partition coefficient (Wildman–Crippen LogP) is 0.958. The van der Waals surface area contributed by atoms with Gasteiger partial charge in [0.05, 0.1) is 6.61 Å². The zero-order valence-electron chi connectivity index (χ0n) is 11.3. The van der Waals surface area contributed by atoms with E-state index in [1.54, 1.807) is 18.7 Å². The molecule has 2 aromatic rings. The first-order chi connectivity index (χ1) is 9.70. The van der Waals surface area contributed by atoms with Crippen LogP contribution in [-0.4, -0.2) is 34.1 Å². The highest BCUT2D eigenvalue weighted by Crippen LogP contribution is 2.26. The number of carbonyl (C=O) groups excluding carboxylic acids is 1. The van der Waals surface area contributed by atoms with Crippen molar-refractivity contribution in [3.63, 3.8) is 0 Å². The molecule has 1 N–H and O–H groups in total. The largest absolute Gasteiger partial charge is 0.463 e. The first-order valence-electron chi connectivity index (χ1n) is 6.68. The van der Waals surface area contributed by atoms with Crippen LogP contribution in [0.2, 0.25) is 0 Å². The Morgan fingerprint density at radius 2 is 2.35 bits per heavy atom. The Morgan fingerprint density at radius 3 is 3.15 bits per heavy atom. The molecule has 0 amide bonds. The molecule has 1 aromatic carbocycles. The number of aliphatic hydroxyl groups is 1. The van der Waals surface area contributed by atoms with Gasteiger partial charge < -0.3 is 9.84 Å². The number of esters is 1. The molecule has 2 heterocycles. The van der Waals surface area contributed by atoms with Crippen molar-refractivity contribution in [2.45, 2.75) is 31.3 Å². The highest BCUT2D eigenvalue weighted by atomic mass is 32.2. The Morgan fingerprint density at radius 1 is 1.55 bits per heavy atom. The van der Waals surface area contributed by atoms with Crippen LogP contribution in [0.5, 0.6) is 0 Å². The Balaban J connectivity index is 2.09. The Bertz CT molecular complexity index is 653. The lowest BCUT2D eigenvalue weighted by Gasteiger charge is -2.14. The number of carbonyl (C=O) groups is 1. The van der Waals surface area contributed by atoms with Crippen LogP contribution in [0.4, 0.5) is 0 Å². The second-order valence-corrected chi connectivity index (χ2v) is 5.73. The zero-order chi connectivity index (χ0) is 14.1. The number of benzene rings is 1. The van der Waals surface area contributed by atoms with E-state index in [-0.39, 0.29) is 18.6 Å². The summed E-state index contributed by atoms with van der Waals surface area (Å²) in [6.07, 6.45) is -0.348. The highest BCUT2D eigenvalue weighted by molar-refractivity contribution is 7.99. The summed E-state index contributed by atoms with van der Waals surface area (Å²) in [5.74, 6) is 0.419. The van der Waals surface area contributed by atoms with Crippen molar-refractivity contribution in [1.82, 2.24) is 4.57 Å². The van der Waals surface area contributed by atoms with Gasteiger partial charge in [0.25, 0.3) is 0 Å². The summed E-state index contributed by atoms with van der Waals surface area (Å²) in [6, 6.07) is 7.93. The van der Waals surface area contributed by atoms with E-state index in [0.717, 1.165) is 16.2 Å². The van der Waals surface area contributed by atoms with Gasteiger partial charge in [-0.2, -0.15) is 0 Å². The van der Waals surface area contributed by atoms with E-state index in [1.807, 2.05) is 28.8 Å². The number of aromatic nitrogens is 2. The smallest absolute Gasteiger partial charge is 0.348 e. The summed E-state index contributed by atoms with van der Waals surface area (Å²) in [7, 11) is 0. The molecule has 0 spiro atoms. The minimum Gasteiger partial charge on any atom is -0.463 e. The quantitative estimate of drug-likeness (QED) is 0.676. The molecule has 6 heteroatoms. The molecule has 0 unspecified atom stereocenters. The van der Waals surface area contributed by atoms with Crippen LogP contribution in [0.3, 0.4) is 0 Å². The standard InChI is InChI=1S/C14H17N2O3S/c1-2-19-13(18)8-16-12-6-4-3-5-11(12)15-7-10(17)9-20-14(15)16/h3-6,10,17H,2,7-9H2,1H3/q+1/t10-/m1/s1. The first-order valence-corrected chi connectivity index (χ1v) is 7.66. The van der Waals surface area contributed by atoms with Crippen molar-refractivity contribution in [3.05, 3.63) is 24.3 Å². The van der Waals surface area contributed by atoms with Crippen molar-refractivity contribution >= 4 is 28.8 Å². The molecule has 0 saturated carbocycles. The van der Waals surface area contributed by atoms with Crippen molar-refractivity contribution in [1.29, 1.82) is 0 Å². The molecule has 1 atom stereocenters. The highest BCUT2D eigenvalue weighted by Gasteiger charge is 2.32. The fourth-order valence-electron chi connectivity index (χ4n) is 2.53. The van der Waals surface area contributed by atoms with Gasteiger partial charge >= 0.3 is 11.1 Å². The van der Waals surface area contributed by atoms with E-state index in [4.69, 9.17) is 4.74 Å². The summed E-state index contributed by atoms with van der Waals surface area (Å²) in [4.78, 5) is 11.8. The Hall–Kier alpha value is -1.53. The maximum Gasteiger partial charge on any atom is 0.348 e. The number of nitrogens with zero attached hydrogens (tertiary/aromatic N) is 2. The van der Waals surface area contributed by atoms with E-state index >= 15 is 0 Å². The summed E-state index contributed by atoms with van der Waals surface area (Å²) >= 11 is 1.58. The number of hydrogen-bond donors (Lipinski definition) is 1. The second kappa shape index (κ2) is 5.46. The Labute approximate surface area is 121 Å². The molecular weight excluding hydrogens is 276 g/mol. The molecule has 20 heavy (non-hydrogen) atoms. The number of fused-ring (bicyclic) bond motifs is 3. The van der Waals surface area contributed by atoms with Gasteiger partial charge in [0, 0.05) is 5.75 Å². The van der Waals surface area contributed by atoms with Crippen molar-refractivity contribution in [3.8, 4) is 0 Å². The van der Waals surface area contributed by atoms with Gasteiger partial charge in [-0.05, 0) is 30.8 Å². The van der Waals surface area contributed by atoms with Crippen LogP contribution in [0.25, 0.3) is 11.0 Å². The van der Waals surface area contributed by atoms with E-state index in [9.17, 15) is 9.90 Å². The number of para-hydroxylation sites is 2. The molecule has 1 aliphatic heterocycles. The monoisotopic (exact) mass is 293 g/mol. The molecule has 1 aromatic heterocycles. The van der Waals surface area contributed by atoms with Gasteiger partial charge in [-0.3, -0.25) is 0 Å². The topological polar surface area (TPSA) is 55.3 Å². The molecule has 3 rings (SSSR count). The maximum absolute atomic E-state index is 11.8. The number of ether oxygens (including phenoxy) is 1. The van der Waals surface area contributed by atoms with Crippen molar-refractivity contribution in [2.75, 3.05) is 12.4 Å².